The molecule has 0 heterocycles. The van der Waals surface area contributed by atoms with Crippen LogP contribution in [0.2, 0.25) is 0 Å². The van der Waals surface area contributed by atoms with Gasteiger partial charge in [-0.2, -0.15) is 0 Å². The molecule has 0 aromatic heterocycles. The number of hydrogen-bond acceptors (Lipinski definition) is 13. The minimum absolute atomic E-state index is 0.0199. The highest BCUT2D eigenvalue weighted by Crippen LogP contribution is 2.47. The van der Waals surface area contributed by atoms with Crippen molar-refractivity contribution in [1.29, 1.82) is 0 Å². The standard InChI is InChI=1S/C47H77O14P/c1-3-5-7-9-11-12-13-14-15-16-17-18-22-26-30-34-40(49)58-36-39(37-59-62(56,57)61-47-45(54)43(52)42(51)44(53)46(47)55)60-41(50)35-31-27-23-20-19-21-25-29-33-38(48)32-28-24-10-8-6-4-2/h5,7,11-12,14-15,20-21,23-25,28-29,33,38-39,42-48,51-55H,3-4,6,8-10,13,16-19,22,26-27,30-32,34-37H2,1-2H3,(H,56,57)/b7-5-,12-11-,15-14-,23-20-,25-21-,28-24-,33-29+/t38-,39+,42?,43-,44+,45+,46+,47?/m0/s1. The highest BCUT2D eigenvalue weighted by molar-refractivity contribution is 7.47. The topological polar surface area (TPSA) is 230 Å². The molecule has 7 N–H and O–H groups in total. The van der Waals surface area contributed by atoms with Gasteiger partial charge < -0.3 is 45.0 Å². The van der Waals surface area contributed by atoms with E-state index in [0.29, 0.717) is 32.1 Å². The molecule has 0 amide bonds. The van der Waals surface area contributed by atoms with Crippen molar-refractivity contribution < 1.29 is 68.2 Å². The number of esters is 2. The summed E-state index contributed by atoms with van der Waals surface area (Å²) in [6.07, 6.45) is 29.5. The molecule has 14 nitrogen and oxygen atoms in total. The molecular weight excluding hydrogens is 819 g/mol. The zero-order valence-electron chi connectivity index (χ0n) is 37.0. The van der Waals surface area contributed by atoms with Crippen molar-refractivity contribution in [3.8, 4) is 0 Å². The zero-order valence-corrected chi connectivity index (χ0v) is 37.9. The summed E-state index contributed by atoms with van der Waals surface area (Å²) in [6, 6.07) is 0. The number of carbonyl (C=O) groups is 2. The van der Waals surface area contributed by atoms with Crippen LogP contribution in [0, 0.1) is 0 Å². The van der Waals surface area contributed by atoms with E-state index in [2.05, 4.69) is 56.4 Å². The first kappa shape index (κ1) is 57.0. The van der Waals surface area contributed by atoms with Crippen molar-refractivity contribution in [2.45, 2.75) is 185 Å². The van der Waals surface area contributed by atoms with Crippen LogP contribution < -0.4 is 0 Å². The first-order valence-corrected chi connectivity index (χ1v) is 24.0. The Kier molecular flexibility index (Phi) is 33.4. The largest absolute Gasteiger partial charge is 0.472 e. The number of carbonyl (C=O) groups excluding carboxylic acids is 2. The summed E-state index contributed by atoms with van der Waals surface area (Å²) < 4.78 is 33.4. The van der Waals surface area contributed by atoms with Crippen LogP contribution in [-0.4, -0.2) is 110 Å². The van der Waals surface area contributed by atoms with Crippen LogP contribution >= 0.6 is 7.82 Å². The maximum Gasteiger partial charge on any atom is 0.472 e. The second kappa shape index (κ2) is 36.3. The number of ether oxygens (including phenoxy) is 2. The average Bonchev–Trinajstić information content (AvgIpc) is 3.25. The second-order valence-corrected chi connectivity index (χ2v) is 16.8. The molecule has 1 rings (SSSR count). The third-order valence-corrected chi connectivity index (χ3v) is 10.8. The van der Waals surface area contributed by atoms with Gasteiger partial charge in [0.25, 0.3) is 0 Å². The van der Waals surface area contributed by atoms with Crippen LogP contribution in [0.4, 0.5) is 0 Å². The Labute approximate surface area is 370 Å². The predicted octanol–water partition coefficient (Wildman–Crippen LogP) is 7.47. The number of hydrogen-bond donors (Lipinski definition) is 7. The third-order valence-electron chi connectivity index (χ3n) is 9.80. The van der Waals surface area contributed by atoms with E-state index in [9.17, 15) is 49.7 Å². The molecule has 0 aromatic rings. The van der Waals surface area contributed by atoms with Crippen molar-refractivity contribution in [2.75, 3.05) is 13.2 Å². The Morgan fingerprint density at radius 1 is 0.597 bits per heavy atom. The fourth-order valence-electron chi connectivity index (χ4n) is 6.14. The van der Waals surface area contributed by atoms with Gasteiger partial charge in [-0.15, -0.1) is 0 Å². The molecule has 0 aromatic carbocycles. The van der Waals surface area contributed by atoms with Crippen LogP contribution in [-0.2, 0) is 32.7 Å². The maximum atomic E-state index is 12.8. The lowest BCUT2D eigenvalue weighted by Crippen LogP contribution is -2.64. The number of unbranched alkanes of at least 4 members (excludes halogenated alkanes) is 9. The lowest BCUT2D eigenvalue weighted by molar-refractivity contribution is -0.220. The Balaban J connectivity index is 2.57. The number of aliphatic hydroxyl groups excluding tert-OH is 6. The third kappa shape index (κ3) is 28.6. The molecule has 0 spiro atoms. The molecule has 0 saturated heterocycles. The SMILES string of the molecule is CC/C=C\C/C=C\C/C=C\CCCCCCCC(=O)OC[C@H](COP(=O)(O)OC1[C@H](O)[C@H](O)C(O)[C@H](O)[C@H]1O)OC(=O)CCC/C=C\C/C=C\C=C\[C@@H](O)C/C=C\CCCCC. The van der Waals surface area contributed by atoms with Crippen LogP contribution in [0.15, 0.2) is 85.1 Å². The lowest BCUT2D eigenvalue weighted by atomic mass is 9.85. The van der Waals surface area contributed by atoms with E-state index >= 15 is 0 Å². The Morgan fingerprint density at radius 2 is 1.13 bits per heavy atom. The van der Waals surface area contributed by atoms with Gasteiger partial charge in [0.1, 0.15) is 43.2 Å². The van der Waals surface area contributed by atoms with Gasteiger partial charge in [0.2, 0.25) is 0 Å². The molecule has 62 heavy (non-hydrogen) atoms. The van der Waals surface area contributed by atoms with Crippen LogP contribution in [0.5, 0.6) is 0 Å². The summed E-state index contributed by atoms with van der Waals surface area (Å²) in [5.41, 5.74) is 0. The Hall–Kier alpha value is -3.01. The number of phosphoric acid groups is 1. The van der Waals surface area contributed by atoms with Crippen molar-refractivity contribution >= 4 is 19.8 Å². The summed E-state index contributed by atoms with van der Waals surface area (Å²) in [7, 11) is -5.16. The number of phosphoric ester groups is 1. The molecule has 1 saturated carbocycles. The molecule has 0 radical (unpaired) electrons. The van der Waals surface area contributed by atoms with Gasteiger partial charge in [0.05, 0.1) is 12.7 Å². The molecule has 9 atom stereocenters. The van der Waals surface area contributed by atoms with Crippen molar-refractivity contribution in [3.05, 3.63) is 85.1 Å². The maximum absolute atomic E-state index is 12.8. The van der Waals surface area contributed by atoms with E-state index in [4.69, 9.17) is 18.5 Å². The number of allylic oxidation sites excluding steroid dienone is 12. The van der Waals surface area contributed by atoms with Gasteiger partial charge >= 0.3 is 19.8 Å². The molecule has 354 valence electrons. The first-order valence-electron chi connectivity index (χ1n) is 22.5. The summed E-state index contributed by atoms with van der Waals surface area (Å²) >= 11 is 0. The summed E-state index contributed by atoms with van der Waals surface area (Å²) in [6.45, 7) is 3.00. The second-order valence-electron chi connectivity index (χ2n) is 15.4. The van der Waals surface area contributed by atoms with Gasteiger partial charge in [0, 0.05) is 12.8 Å². The van der Waals surface area contributed by atoms with Gasteiger partial charge in [-0.1, -0.05) is 131 Å². The quantitative estimate of drug-likeness (QED) is 0.0108. The van der Waals surface area contributed by atoms with Crippen molar-refractivity contribution in [1.82, 2.24) is 0 Å². The van der Waals surface area contributed by atoms with Crippen molar-refractivity contribution in [3.63, 3.8) is 0 Å². The van der Waals surface area contributed by atoms with Gasteiger partial charge in [-0.25, -0.2) is 4.57 Å². The zero-order chi connectivity index (χ0) is 45.9. The molecule has 3 unspecified atom stereocenters. The van der Waals surface area contributed by atoms with Crippen LogP contribution in [0.3, 0.4) is 0 Å². The number of rotatable bonds is 35. The van der Waals surface area contributed by atoms with Crippen LogP contribution in [0.25, 0.3) is 0 Å². The smallest absolute Gasteiger partial charge is 0.462 e. The molecule has 1 aliphatic rings. The van der Waals surface area contributed by atoms with E-state index in [0.717, 1.165) is 64.2 Å². The molecule has 0 aliphatic heterocycles. The molecular formula is C47H77O14P. The van der Waals surface area contributed by atoms with E-state index in [-0.39, 0.29) is 12.8 Å². The van der Waals surface area contributed by atoms with Gasteiger partial charge in [-0.3, -0.25) is 18.6 Å². The summed E-state index contributed by atoms with van der Waals surface area (Å²) in [4.78, 5) is 35.6. The molecule has 15 heteroatoms. The van der Waals surface area contributed by atoms with E-state index in [1.165, 1.54) is 12.8 Å². The lowest BCUT2D eigenvalue weighted by Gasteiger charge is -2.41. The van der Waals surface area contributed by atoms with E-state index < -0.39 is 81.8 Å². The fraction of sp³-hybridized carbons (Fsp3) is 0.660. The Bertz CT molecular complexity index is 1420. The minimum Gasteiger partial charge on any atom is -0.462 e. The molecule has 1 aliphatic carbocycles. The highest BCUT2D eigenvalue weighted by Gasteiger charge is 2.51. The van der Waals surface area contributed by atoms with Gasteiger partial charge in [0.15, 0.2) is 6.10 Å². The number of aliphatic hydroxyl groups is 6. The van der Waals surface area contributed by atoms with Crippen LogP contribution in [0.1, 0.15) is 136 Å². The summed E-state index contributed by atoms with van der Waals surface area (Å²) in [5, 5.41) is 60.2. The highest BCUT2D eigenvalue weighted by atomic mass is 31.2. The normalized spacial score (nSPS) is 23.2. The average molecular weight is 897 g/mol. The monoisotopic (exact) mass is 897 g/mol. The Morgan fingerprint density at radius 3 is 1.79 bits per heavy atom. The van der Waals surface area contributed by atoms with E-state index in [1.54, 1.807) is 12.2 Å². The first-order chi connectivity index (χ1) is 29.8. The molecule has 0 bridgehead atoms. The van der Waals surface area contributed by atoms with Gasteiger partial charge in [-0.05, 0) is 77.0 Å². The van der Waals surface area contributed by atoms with Crippen molar-refractivity contribution in [2.24, 2.45) is 0 Å². The predicted molar refractivity (Wildman–Crippen MR) is 241 cm³/mol. The fourth-order valence-corrected chi connectivity index (χ4v) is 7.11. The van der Waals surface area contributed by atoms with E-state index in [1.807, 2.05) is 30.4 Å². The minimum atomic E-state index is -5.16. The summed E-state index contributed by atoms with van der Waals surface area (Å²) in [5.74, 6) is -1.23. The molecule has 1 fully saturated rings.